The van der Waals surface area contributed by atoms with Crippen molar-refractivity contribution in [3.05, 3.63) is 59.7 Å². The van der Waals surface area contributed by atoms with Crippen molar-refractivity contribution < 1.29 is 22.8 Å². The fourth-order valence-corrected chi connectivity index (χ4v) is 2.15. The third kappa shape index (κ3) is 4.70. The Labute approximate surface area is 143 Å². The van der Waals surface area contributed by atoms with Crippen LogP contribution in [0.25, 0.3) is 11.1 Å². The second kappa shape index (κ2) is 7.67. The van der Waals surface area contributed by atoms with Crippen LogP contribution < -0.4 is 0 Å². The zero-order chi connectivity index (χ0) is 18.4. The topological polar surface area (TPSA) is 38.7 Å². The molecule has 3 nitrogen and oxygen atoms in total. The molecule has 0 N–H and O–H groups in total. The average molecular weight is 345 g/mol. The molecule has 0 fully saturated rings. The Bertz CT molecular complexity index is 831. The van der Waals surface area contributed by atoms with E-state index >= 15 is 0 Å². The smallest absolute Gasteiger partial charge is 0.382 e. The normalized spacial score (nSPS) is 11.7. The van der Waals surface area contributed by atoms with E-state index in [-0.39, 0.29) is 18.1 Å². The summed E-state index contributed by atoms with van der Waals surface area (Å²) in [7, 11) is 0. The summed E-state index contributed by atoms with van der Waals surface area (Å²) in [6.45, 7) is 1.26. The Balaban J connectivity index is 2.32. The number of terminal acetylenes is 1. The third-order valence-corrected chi connectivity index (χ3v) is 3.32. The highest BCUT2D eigenvalue weighted by molar-refractivity contribution is 6.45. The van der Waals surface area contributed by atoms with E-state index in [2.05, 4.69) is 11.1 Å². The Morgan fingerprint density at radius 1 is 1.16 bits per heavy atom. The van der Waals surface area contributed by atoms with Gasteiger partial charge in [0.25, 0.3) is 0 Å². The standard InChI is InChI=1S/C19H14F3NO2/c1-3-11-25-23-18(13(2)24)15-9-7-14(8-10-15)16-5-4-6-17(12-16)19(20,21)22/h1,4-10,12H,11H2,2H3/b23-18-. The second-order valence-corrected chi connectivity index (χ2v) is 5.13. The average Bonchev–Trinajstić information content (AvgIpc) is 2.58. The van der Waals surface area contributed by atoms with Crippen molar-refractivity contribution >= 4 is 11.5 Å². The van der Waals surface area contributed by atoms with Crippen LogP contribution in [0.15, 0.2) is 53.7 Å². The Kier molecular flexibility index (Phi) is 5.60. The first-order valence-electron chi connectivity index (χ1n) is 7.25. The van der Waals surface area contributed by atoms with Gasteiger partial charge in [0.2, 0.25) is 0 Å². The molecule has 2 rings (SSSR count). The molecule has 6 heteroatoms. The largest absolute Gasteiger partial charge is 0.416 e. The van der Waals surface area contributed by atoms with Gasteiger partial charge in [0, 0.05) is 12.5 Å². The summed E-state index contributed by atoms with van der Waals surface area (Å²) in [5.74, 6) is 1.91. The van der Waals surface area contributed by atoms with E-state index < -0.39 is 11.7 Å². The quantitative estimate of drug-likeness (QED) is 0.350. The number of ketones is 1. The number of carbonyl (C=O) groups excluding carboxylic acids is 1. The van der Waals surface area contributed by atoms with Crippen LogP contribution >= 0.6 is 0 Å². The number of Topliss-reactive ketones (excluding diaryl/α,β-unsaturated/α-hetero) is 1. The molecule has 0 aromatic heterocycles. The predicted octanol–water partition coefficient (Wildman–Crippen LogP) is 4.32. The molecule has 0 heterocycles. The summed E-state index contributed by atoms with van der Waals surface area (Å²) in [6.07, 6.45) is 0.643. The molecule has 25 heavy (non-hydrogen) atoms. The van der Waals surface area contributed by atoms with Crippen molar-refractivity contribution in [2.75, 3.05) is 6.61 Å². The van der Waals surface area contributed by atoms with Crippen molar-refractivity contribution in [3.8, 4) is 23.5 Å². The molecule has 0 saturated carbocycles. The van der Waals surface area contributed by atoms with Crippen molar-refractivity contribution in [2.45, 2.75) is 13.1 Å². The maximum Gasteiger partial charge on any atom is 0.416 e. The summed E-state index contributed by atoms with van der Waals surface area (Å²) >= 11 is 0. The first-order chi connectivity index (χ1) is 11.8. The summed E-state index contributed by atoms with van der Waals surface area (Å²) in [4.78, 5) is 16.5. The summed E-state index contributed by atoms with van der Waals surface area (Å²) in [6, 6.07) is 11.4. The lowest BCUT2D eigenvalue weighted by Gasteiger charge is -2.09. The number of halogens is 3. The lowest BCUT2D eigenvalue weighted by atomic mass is 9.99. The highest BCUT2D eigenvalue weighted by atomic mass is 19.4. The van der Waals surface area contributed by atoms with Gasteiger partial charge in [0.15, 0.2) is 18.1 Å². The van der Waals surface area contributed by atoms with E-state index in [1.807, 2.05) is 0 Å². The van der Waals surface area contributed by atoms with Gasteiger partial charge < -0.3 is 4.84 Å². The van der Waals surface area contributed by atoms with Crippen LogP contribution in [0, 0.1) is 12.3 Å². The highest BCUT2D eigenvalue weighted by Crippen LogP contribution is 2.32. The summed E-state index contributed by atoms with van der Waals surface area (Å²) in [5.41, 5.74) is 0.863. The van der Waals surface area contributed by atoms with E-state index in [1.165, 1.54) is 13.0 Å². The van der Waals surface area contributed by atoms with Gasteiger partial charge in [-0.2, -0.15) is 13.2 Å². The molecular formula is C19H14F3NO2. The first kappa shape index (κ1) is 18.3. The number of nitrogens with zero attached hydrogens (tertiary/aromatic N) is 1. The predicted molar refractivity (Wildman–Crippen MR) is 88.9 cm³/mol. The van der Waals surface area contributed by atoms with Crippen molar-refractivity contribution in [1.29, 1.82) is 0 Å². The van der Waals surface area contributed by atoms with Crippen LogP contribution in [0.3, 0.4) is 0 Å². The SMILES string of the molecule is C#CCO/N=C(/C(C)=O)c1ccc(-c2cccc(C(F)(F)F)c2)cc1. The Morgan fingerprint density at radius 3 is 2.40 bits per heavy atom. The molecule has 0 radical (unpaired) electrons. The Morgan fingerprint density at radius 2 is 1.84 bits per heavy atom. The fourth-order valence-electron chi connectivity index (χ4n) is 2.15. The molecule has 128 valence electrons. The molecule has 0 aliphatic heterocycles. The minimum atomic E-state index is -4.40. The van der Waals surface area contributed by atoms with Crippen molar-refractivity contribution in [1.82, 2.24) is 0 Å². The van der Waals surface area contributed by atoms with Crippen LogP contribution in [0.4, 0.5) is 13.2 Å². The van der Waals surface area contributed by atoms with Gasteiger partial charge in [-0.25, -0.2) is 0 Å². The van der Waals surface area contributed by atoms with E-state index in [9.17, 15) is 18.0 Å². The maximum absolute atomic E-state index is 12.8. The van der Waals surface area contributed by atoms with Crippen LogP contribution in [0.2, 0.25) is 0 Å². The highest BCUT2D eigenvalue weighted by Gasteiger charge is 2.30. The van der Waals surface area contributed by atoms with E-state index in [0.717, 1.165) is 12.1 Å². The van der Waals surface area contributed by atoms with Crippen LogP contribution in [-0.4, -0.2) is 18.1 Å². The second-order valence-electron chi connectivity index (χ2n) is 5.13. The van der Waals surface area contributed by atoms with E-state index in [0.29, 0.717) is 16.7 Å². The molecule has 0 aliphatic carbocycles. The number of alkyl halides is 3. The molecule has 0 spiro atoms. The van der Waals surface area contributed by atoms with Gasteiger partial charge in [0.1, 0.15) is 0 Å². The van der Waals surface area contributed by atoms with Crippen LogP contribution in [-0.2, 0) is 15.8 Å². The van der Waals surface area contributed by atoms with E-state index in [4.69, 9.17) is 11.3 Å². The van der Waals surface area contributed by atoms with Gasteiger partial charge in [-0.05, 0) is 23.3 Å². The monoisotopic (exact) mass is 345 g/mol. The van der Waals surface area contributed by atoms with Gasteiger partial charge >= 0.3 is 6.18 Å². The van der Waals surface area contributed by atoms with Gasteiger partial charge in [-0.15, -0.1) is 6.42 Å². The number of hydrogen-bond acceptors (Lipinski definition) is 3. The molecule has 0 amide bonds. The summed E-state index contributed by atoms with van der Waals surface area (Å²) < 4.78 is 38.4. The van der Waals surface area contributed by atoms with Crippen molar-refractivity contribution in [3.63, 3.8) is 0 Å². The van der Waals surface area contributed by atoms with Gasteiger partial charge in [-0.1, -0.05) is 47.5 Å². The van der Waals surface area contributed by atoms with Crippen LogP contribution in [0.5, 0.6) is 0 Å². The number of carbonyl (C=O) groups is 1. The van der Waals surface area contributed by atoms with Crippen LogP contribution in [0.1, 0.15) is 18.1 Å². The lowest BCUT2D eigenvalue weighted by molar-refractivity contribution is -0.137. The molecule has 0 bridgehead atoms. The third-order valence-electron chi connectivity index (χ3n) is 3.32. The zero-order valence-electron chi connectivity index (χ0n) is 13.3. The molecule has 2 aromatic carbocycles. The lowest BCUT2D eigenvalue weighted by Crippen LogP contribution is -2.12. The molecule has 0 unspecified atom stereocenters. The molecule has 0 aliphatic rings. The minimum Gasteiger partial charge on any atom is -0.382 e. The zero-order valence-corrected chi connectivity index (χ0v) is 13.3. The number of oxime groups is 1. The first-order valence-corrected chi connectivity index (χ1v) is 7.25. The number of benzene rings is 2. The number of hydrogen-bond donors (Lipinski definition) is 0. The molecular weight excluding hydrogens is 331 g/mol. The molecule has 2 aromatic rings. The maximum atomic E-state index is 12.8. The molecule has 0 saturated heterocycles. The summed E-state index contributed by atoms with van der Waals surface area (Å²) in [5, 5.41) is 3.71. The molecule has 0 atom stereocenters. The van der Waals surface area contributed by atoms with Gasteiger partial charge in [0.05, 0.1) is 5.56 Å². The van der Waals surface area contributed by atoms with E-state index in [1.54, 1.807) is 30.3 Å². The van der Waals surface area contributed by atoms with Crippen molar-refractivity contribution in [2.24, 2.45) is 5.16 Å². The number of rotatable bonds is 5. The Hall–Kier alpha value is -3.07. The van der Waals surface area contributed by atoms with Gasteiger partial charge in [-0.3, -0.25) is 4.79 Å². The fraction of sp³-hybridized carbons (Fsp3) is 0.158. The minimum absolute atomic E-state index is 0.0703.